The number of hydrogen-bond donors (Lipinski definition) is 1. The van der Waals surface area contributed by atoms with Gasteiger partial charge in [-0.25, -0.2) is 9.18 Å². The molecular formula is C18H16FNO4. The van der Waals surface area contributed by atoms with Crippen LogP contribution in [-0.2, 0) is 9.53 Å². The molecule has 0 fully saturated rings. The molecule has 0 aromatic heterocycles. The highest BCUT2D eigenvalue weighted by atomic mass is 19.1. The van der Waals surface area contributed by atoms with Gasteiger partial charge in [-0.05, 0) is 49.4 Å². The minimum absolute atomic E-state index is 0.208. The summed E-state index contributed by atoms with van der Waals surface area (Å²) in [5.41, 5.74) is 0.915. The molecule has 5 nitrogen and oxygen atoms in total. The van der Waals surface area contributed by atoms with Crippen LogP contribution in [0.4, 0.5) is 10.1 Å². The largest absolute Gasteiger partial charge is 0.451 e. The van der Waals surface area contributed by atoms with Crippen molar-refractivity contribution in [2.24, 2.45) is 0 Å². The number of anilines is 1. The summed E-state index contributed by atoms with van der Waals surface area (Å²) in [5.74, 6) is -1.84. The van der Waals surface area contributed by atoms with Crippen LogP contribution in [0.5, 0.6) is 0 Å². The van der Waals surface area contributed by atoms with E-state index >= 15 is 0 Å². The normalized spacial score (nSPS) is 11.5. The SMILES string of the molecule is CC(=O)Nc1cccc(C(=O)OC(C)C(=O)c2ccc(F)cc2)c1. The maximum atomic E-state index is 12.9. The van der Waals surface area contributed by atoms with Crippen molar-refractivity contribution in [3.8, 4) is 0 Å². The molecule has 2 aromatic carbocycles. The van der Waals surface area contributed by atoms with Gasteiger partial charge in [-0.2, -0.15) is 0 Å². The van der Waals surface area contributed by atoms with Crippen molar-refractivity contribution in [2.45, 2.75) is 20.0 Å². The van der Waals surface area contributed by atoms with Crippen LogP contribution < -0.4 is 5.32 Å². The fraction of sp³-hybridized carbons (Fsp3) is 0.167. The van der Waals surface area contributed by atoms with Gasteiger partial charge in [-0.1, -0.05) is 6.07 Å². The van der Waals surface area contributed by atoms with E-state index in [0.29, 0.717) is 5.69 Å². The van der Waals surface area contributed by atoms with E-state index < -0.39 is 23.7 Å². The number of rotatable bonds is 5. The molecule has 0 aliphatic carbocycles. The molecule has 2 rings (SSSR count). The molecule has 0 aliphatic heterocycles. The summed E-state index contributed by atoms with van der Waals surface area (Å²) in [4.78, 5) is 35.4. The van der Waals surface area contributed by atoms with Gasteiger partial charge in [-0.3, -0.25) is 9.59 Å². The first kappa shape index (κ1) is 17.3. The first-order valence-corrected chi connectivity index (χ1v) is 7.25. The van der Waals surface area contributed by atoms with Crippen LogP contribution in [-0.4, -0.2) is 23.8 Å². The van der Waals surface area contributed by atoms with Crippen LogP contribution >= 0.6 is 0 Å². The third kappa shape index (κ3) is 4.49. The van der Waals surface area contributed by atoms with E-state index in [0.717, 1.165) is 0 Å². The highest BCUT2D eigenvalue weighted by Gasteiger charge is 2.20. The molecule has 0 heterocycles. The summed E-state index contributed by atoms with van der Waals surface area (Å²) in [6, 6.07) is 11.2. The molecular weight excluding hydrogens is 313 g/mol. The quantitative estimate of drug-likeness (QED) is 0.675. The minimum atomic E-state index is -1.02. The zero-order chi connectivity index (χ0) is 17.7. The molecule has 2 aromatic rings. The summed E-state index contributed by atoms with van der Waals surface area (Å²) in [7, 11) is 0. The molecule has 0 spiro atoms. The Labute approximate surface area is 138 Å². The Balaban J connectivity index is 2.07. The van der Waals surface area contributed by atoms with Crippen LogP contribution in [0.25, 0.3) is 0 Å². The lowest BCUT2D eigenvalue weighted by molar-refractivity contribution is -0.114. The minimum Gasteiger partial charge on any atom is -0.451 e. The van der Waals surface area contributed by atoms with Crippen molar-refractivity contribution < 1.29 is 23.5 Å². The Morgan fingerprint density at radius 1 is 1.04 bits per heavy atom. The highest BCUT2D eigenvalue weighted by molar-refractivity contribution is 6.01. The molecule has 0 radical (unpaired) electrons. The fourth-order valence-corrected chi connectivity index (χ4v) is 2.06. The Hall–Kier alpha value is -3.02. The summed E-state index contributed by atoms with van der Waals surface area (Å²) in [6.45, 7) is 2.80. The topological polar surface area (TPSA) is 72.5 Å². The number of hydrogen-bond acceptors (Lipinski definition) is 4. The van der Waals surface area contributed by atoms with Crippen molar-refractivity contribution >= 4 is 23.3 Å². The molecule has 1 atom stereocenters. The average Bonchev–Trinajstić information content (AvgIpc) is 2.54. The van der Waals surface area contributed by atoms with Gasteiger partial charge in [0.1, 0.15) is 5.82 Å². The number of ether oxygens (including phenoxy) is 1. The summed E-state index contributed by atoms with van der Waals surface area (Å²) in [5, 5.41) is 2.56. The van der Waals surface area contributed by atoms with E-state index in [-0.39, 0.29) is 17.0 Å². The van der Waals surface area contributed by atoms with E-state index in [1.54, 1.807) is 12.1 Å². The number of nitrogens with one attached hydrogen (secondary N) is 1. The Bertz CT molecular complexity index is 771. The maximum absolute atomic E-state index is 12.9. The van der Waals surface area contributed by atoms with E-state index in [1.165, 1.54) is 50.2 Å². The van der Waals surface area contributed by atoms with Gasteiger partial charge in [0.2, 0.25) is 11.7 Å². The van der Waals surface area contributed by atoms with Crippen LogP contribution in [0.1, 0.15) is 34.6 Å². The molecule has 1 amide bonds. The number of carbonyl (C=O) groups excluding carboxylic acids is 3. The van der Waals surface area contributed by atoms with Gasteiger partial charge in [0, 0.05) is 18.2 Å². The predicted octanol–water partition coefficient (Wildman–Crippen LogP) is 3.21. The van der Waals surface area contributed by atoms with Gasteiger partial charge in [0.05, 0.1) is 5.56 Å². The van der Waals surface area contributed by atoms with Crippen LogP contribution in [0.3, 0.4) is 0 Å². The number of esters is 1. The predicted molar refractivity (Wildman–Crippen MR) is 86.4 cm³/mol. The van der Waals surface area contributed by atoms with Crippen molar-refractivity contribution in [2.75, 3.05) is 5.32 Å². The van der Waals surface area contributed by atoms with Gasteiger partial charge in [0.25, 0.3) is 0 Å². The van der Waals surface area contributed by atoms with Gasteiger partial charge in [0.15, 0.2) is 6.10 Å². The lowest BCUT2D eigenvalue weighted by atomic mass is 10.1. The first-order valence-electron chi connectivity index (χ1n) is 7.25. The third-order valence-electron chi connectivity index (χ3n) is 3.20. The maximum Gasteiger partial charge on any atom is 0.338 e. The lowest BCUT2D eigenvalue weighted by Gasteiger charge is -2.13. The number of halogens is 1. The molecule has 124 valence electrons. The Kier molecular flexibility index (Phi) is 5.42. The summed E-state index contributed by atoms with van der Waals surface area (Å²) in [6.07, 6.45) is -1.02. The van der Waals surface area contributed by atoms with Crippen molar-refractivity contribution in [3.63, 3.8) is 0 Å². The standard InChI is InChI=1S/C18H16FNO4/c1-11(17(22)13-6-8-15(19)9-7-13)24-18(23)14-4-3-5-16(10-14)20-12(2)21/h3-11H,1-2H3,(H,20,21). The monoisotopic (exact) mass is 329 g/mol. The Morgan fingerprint density at radius 2 is 1.71 bits per heavy atom. The van der Waals surface area contributed by atoms with Crippen molar-refractivity contribution in [3.05, 3.63) is 65.5 Å². The number of ketones is 1. The van der Waals surface area contributed by atoms with Crippen molar-refractivity contribution in [1.82, 2.24) is 0 Å². The molecule has 0 saturated heterocycles. The number of benzene rings is 2. The van der Waals surface area contributed by atoms with E-state index in [1.807, 2.05) is 0 Å². The number of amides is 1. The van der Waals surface area contributed by atoms with E-state index in [4.69, 9.17) is 4.74 Å². The van der Waals surface area contributed by atoms with Gasteiger partial charge >= 0.3 is 5.97 Å². The van der Waals surface area contributed by atoms with Crippen LogP contribution in [0.15, 0.2) is 48.5 Å². The molecule has 1 N–H and O–H groups in total. The fourth-order valence-electron chi connectivity index (χ4n) is 2.06. The molecule has 1 unspecified atom stereocenters. The van der Waals surface area contributed by atoms with E-state index in [2.05, 4.69) is 5.32 Å². The molecule has 6 heteroatoms. The lowest BCUT2D eigenvalue weighted by Crippen LogP contribution is -2.24. The van der Waals surface area contributed by atoms with Crippen molar-refractivity contribution in [1.29, 1.82) is 0 Å². The zero-order valence-electron chi connectivity index (χ0n) is 13.2. The molecule has 0 aliphatic rings. The van der Waals surface area contributed by atoms with E-state index in [9.17, 15) is 18.8 Å². The first-order chi connectivity index (χ1) is 11.4. The number of carbonyl (C=O) groups is 3. The molecule has 0 bridgehead atoms. The Morgan fingerprint density at radius 3 is 2.33 bits per heavy atom. The highest BCUT2D eigenvalue weighted by Crippen LogP contribution is 2.14. The molecule has 0 saturated carbocycles. The second-order valence-corrected chi connectivity index (χ2v) is 5.18. The third-order valence-corrected chi connectivity index (χ3v) is 3.20. The van der Waals surface area contributed by atoms with Crippen LogP contribution in [0.2, 0.25) is 0 Å². The summed E-state index contributed by atoms with van der Waals surface area (Å²) >= 11 is 0. The average molecular weight is 329 g/mol. The van der Waals surface area contributed by atoms with Crippen LogP contribution in [0, 0.1) is 5.82 Å². The molecule has 24 heavy (non-hydrogen) atoms. The zero-order valence-corrected chi connectivity index (χ0v) is 13.2. The summed E-state index contributed by atoms with van der Waals surface area (Å²) < 4.78 is 18.0. The smallest absolute Gasteiger partial charge is 0.338 e. The number of Topliss-reactive ketones (excluding diaryl/α,β-unsaturated/α-hetero) is 1. The van der Waals surface area contributed by atoms with Gasteiger partial charge < -0.3 is 10.1 Å². The van der Waals surface area contributed by atoms with Gasteiger partial charge in [-0.15, -0.1) is 0 Å². The second kappa shape index (κ2) is 7.50. The second-order valence-electron chi connectivity index (χ2n) is 5.18.